The van der Waals surface area contributed by atoms with Gasteiger partial charge in [-0.3, -0.25) is 0 Å². The maximum absolute atomic E-state index is 11.3. The number of esters is 2. The zero-order valence-electron chi connectivity index (χ0n) is 28.5. The van der Waals surface area contributed by atoms with Crippen LogP contribution in [0.2, 0.25) is 0 Å². The van der Waals surface area contributed by atoms with Gasteiger partial charge in [-0.05, 0) is 49.2 Å². The lowest BCUT2D eigenvalue weighted by Gasteiger charge is -2.26. The smallest absolute Gasteiger partial charge is 0.333 e. The highest BCUT2D eigenvalue weighted by Crippen LogP contribution is 2.33. The van der Waals surface area contributed by atoms with Crippen LogP contribution in [0.1, 0.15) is 51.7 Å². The number of rotatable bonds is 26. The van der Waals surface area contributed by atoms with Crippen LogP contribution >= 0.6 is 0 Å². The van der Waals surface area contributed by atoms with E-state index in [-0.39, 0.29) is 18.6 Å². The molecule has 260 valence electrons. The van der Waals surface area contributed by atoms with Gasteiger partial charge in [-0.25, -0.2) is 9.59 Å². The first-order chi connectivity index (χ1) is 22.6. The van der Waals surface area contributed by atoms with Gasteiger partial charge >= 0.3 is 11.9 Å². The minimum atomic E-state index is -0.408. The topological polar surface area (TPSA) is 108 Å². The van der Waals surface area contributed by atoms with Crippen LogP contribution in [0.3, 0.4) is 0 Å². The van der Waals surface area contributed by atoms with Gasteiger partial charge < -0.3 is 37.9 Å². The largest absolute Gasteiger partial charge is 0.494 e. The number of hydrogen-bond acceptors (Lipinski definition) is 10. The molecule has 0 aromatic heterocycles. The van der Waals surface area contributed by atoms with Crippen molar-refractivity contribution < 1.29 is 47.5 Å². The number of hydrogen-bond donors (Lipinski definition) is 0. The molecule has 0 radical (unpaired) electrons. The summed E-state index contributed by atoms with van der Waals surface area (Å²) in [6.45, 7) is 19.8. The summed E-state index contributed by atoms with van der Waals surface area (Å²) in [5, 5.41) is 0. The van der Waals surface area contributed by atoms with Crippen molar-refractivity contribution in [3.8, 4) is 11.5 Å². The first-order valence-corrected chi connectivity index (χ1v) is 16.0. The Balaban J connectivity index is 1.55. The Hall–Kier alpha value is -3.70. The SMILES string of the molecule is C=C(C)C(=O)OCCOCCOCCCOc1ccc(C(C)(C)c2ccc(OCCCOCCOCCOC(=O)C(=C)C)cc2)cc1. The molecule has 10 heteroatoms. The third-order valence-corrected chi connectivity index (χ3v) is 6.92. The van der Waals surface area contributed by atoms with Crippen molar-refractivity contribution in [2.75, 3.05) is 79.3 Å². The van der Waals surface area contributed by atoms with Crippen LogP contribution < -0.4 is 9.47 Å². The predicted molar refractivity (Wildman–Crippen MR) is 180 cm³/mol. The molecule has 47 heavy (non-hydrogen) atoms. The second-order valence-electron chi connectivity index (χ2n) is 11.4. The van der Waals surface area contributed by atoms with Gasteiger partial charge in [0.15, 0.2) is 0 Å². The van der Waals surface area contributed by atoms with Crippen LogP contribution in [0.15, 0.2) is 72.8 Å². The molecule has 0 amide bonds. The van der Waals surface area contributed by atoms with Crippen molar-refractivity contribution in [3.63, 3.8) is 0 Å². The van der Waals surface area contributed by atoms with Gasteiger partial charge in [0.05, 0.1) is 52.9 Å². The molecular formula is C37H52O10. The Morgan fingerprint density at radius 3 is 1.17 bits per heavy atom. The van der Waals surface area contributed by atoms with Crippen molar-refractivity contribution >= 4 is 11.9 Å². The lowest BCUT2D eigenvalue weighted by Crippen LogP contribution is -2.18. The molecule has 2 rings (SSSR count). The molecule has 10 nitrogen and oxygen atoms in total. The number of benzene rings is 2. The number of ether oxygens (including phenoxy) is 8. The molecule has 0 saturated heterocycles. The molecule has 0 aliphatic rings. The minimum Gasteiger partial charge on any atom is -0.494 e. The monoisotopic (exact) mass is 656 g/mol. The summed E-state index contributed by atoms with van der Waals surface area (Å²) in [5.74, 6) is 0.821. The van der Waals surface area contributed by atoms with Crippen LogP contribution in [0, 0.1) is 0 Å². The molecule has 2 aromatic carbocycles. The molecule has 0 heterocycles. The summed E-state index contributed by atoms with van der Waals surface area (Å²) < 4.78 is 43.6. The van der Waals surface area contributed by atoms with Crippen molar-refractivity contribution in [2.45, 2.75) is 46.0 Å². The third-order valence-electron chi connectivity index (χ3n) is 6.92. The molecular weight excluding hydrogens is 604 g/mol. The molecule has 0 bridgehead atoms. The molecule has 0 spiro atoms. The predicted octanol–water partition coefficient (Wildman–Crippen LogP) is 5.86. The van der Waals surface area contributed by atoms with Gasteiger partial charge in [0.1, 0.15) is 24.7 Å². The maximum Gasteiger partial charge on any atom is 0.333 e. The van der Waals surface area contributed by atoms with E-state index in [0.29, 0.717) is 77.2 Å². The molecule has 0 aliphatic carbocycles. The lowest BCUT2D eigenvalue weighted by molar-refractivity contribution is -0.141. The van der Waals surface area contributed by atoms with Crippen LogP contribution in [0.5, 0.6) is 11.5 Å². The summed E-state index contributed by atoms with van der Waals surface area (Å²) in [5.41, 5.74) is 2.92. The standard InChI is InChI=1S/C37H52O10/c1-29(2)35(38)46-27-25-42-23-21-40-17-7-19-44-33-13-9-31(10-14-33)37(5,6)32-11-15-34(16-12-32)45-20-8-18-41-22-24-43-26-28-47-36(39)30(3)4/h9-16H,1,3,7-8,17-28H2,2,4-6H3. The van der Waals surface area contributed by atoms with Crippen LogP contribution in [-0.4, -0.2) is 91.2 Å². The van der Waals surface area contributed by atoms with Gasteiger partial charge in [-0.15, -0.1) is 0 Å². The van der Waals surface area contributed by atoms with Crippen LogP contribution in [0.25, 0.3) is 0 Å². The lowest BCUT2D eigenvalue weighted by atomic mass is 9.78. The van der Waals surface area contributed by atoms with E-state index in [4.69, 9.17) is 37.9 Å². The van der Waals surface area contributed by atoms with E-state index >= 15 is 0 Å². The Morgan fingerprint density at radius 2 is 0.830 bits per heavy atom. The second-order valence-corrected chi connectivity index (χ2v) is 11.4. The summed E-state index contributed by atoms with van der Waals surface area (Å²) in [7, 11) is 0. The van der Waals surface area contributed by atoms with E-state index in [1.54, 1.807) is 13.8 Å². The Labute approximate surface area is 279 Å². The van der Waals surface area contributed by atoms with E-state index in [9.17, 15) is 9.59 Å². The molecule has 0 atom stereocenters. The van der Waals surface area contributed by atoms with Gasteiger partial charge in [0.25, 0.3) is 0 Å². The van der Waals surface area contributed by atoms with E-state index in [1.807, 2.05) is 24.3 Å². The highest BCUT2D eigenvalue weighted by molar-refractivity contribution is 5.87. The molecule has 0 N–H and O–H groups in total. The molecule has 0 fully saturated rings. The average Bonchev–Trinajstić information content (AvgIpc) is 3.06. The van der Waals surface area contributed by atoms with Gasteiger partial charge in [-0.2, -0.15) is 0 Å². The summed E-state index contributed by atoms with van der Waals surface area (Å²) in [6.07, 6.45) is 1.52. The first-order valence-electron chi connectivity index (χ1n) is 16.0. The van der Waals surface area contributed by atoms with E-state index in [1.165, 1.54) is 11.1 Å². The quantitative estimate of drug-likeness (QED) is 0.0695. The van der Waals surface area contributed by atoms with Crippen molar-refractivity contribution in [2.24, 2.45) is 0 Å². The average molecular weight is 657 g/mol. The Kier molecular flexibility index (Phi) is 19.1. The van der Waals surface area contributed by atoms with E-state index in [0.717, 1.165) is 24.3 Å². The van der Waals surface area contributed by atoms with Crippen molar-refractivity contribution in [1.82, 2.24) is 0 Å². The fourth-order valence-corrected chi connectivity index (χ4v) is 4.08. The molecule has 2 aromatic rings. The van der Waals surface area contributed by atoms with Gasteiger partial charge in [-0.1, -0.05) is 51.3 Å². The molecule has 0 saturated carbocycles. The fraction of sp³-hybridized carbons (Fsp3) is 0.514. The Morgan fingerprint density at radius 1 is 0.511 bits per heavy atom. The number of carbonyl (C=O) groups is 2. The van der Waals surface area contributed by atoms with E-state index in [2.05, 4.69) is 51.3 Å². The normalized spacial score (nSPS) is 11.1. The highest BCUT2D eigenvalue weighted by Gasteiger charge is 2.23. The van der Waals surface area contributed by atoms with Gasteiger partial charge in [0, 0.05) is 42.6 Å². The van der Waals surface area contributed by atoms with Crippen LogP contribution in [-0.2, 0) is 43.4 Å². The number of carbonyl (C=O) groups excluding carboxylic acids is 2. The first kappa shape index (κ1) is 39.5. The Bertz CT molecular complexity index is 1110. The molecule has 0 aliphatic heterocycles. The summed E-state index contributed by atoms with van der Waals surface area (Å²) >= 11 is 0. The highest BCUT2D eigenvalue weighted by atomic mass is 16.6. The third kappa shape index (κ3) is 16.6. The summed E-state index contributed by atoms with van der Waals surface area (Å²) in [6, 6.07) is 16.4. The maximum atomic E-state index is 11.3. The minimum absolute atomic E-state index is 0.193. The summed E-state index contributed by atoms with van der Waals surface area (Å²) in [4.78, 5) is 22.5. The second kappa shape index (κ2) is 22.8. The zero-order valence-corrected chi connectivity index (χ0v) is 28.5. The van der Waals surface area contributed by atoms with Gasteiger partial charge in [0.2, 0.25) is 0 Å². The van der Waals surface area contributed by atoms with Crippen LogP contribution in [0.4, 0.5) is 0 Å². The fourth-order valence-electron chi connectivity index (χ4n) is 4.08. The van der Waals surface area contributed by atoms with E-state index < -0.39 is 11.9 Å². The molecule has 0 unspecified atom stereocenters. The van der Waals surface area contributed by atoms with Crippen molar-refractivity contribution in [3.05, 3.63) is 84.0 Å². The zero-order chi connectivity index (χ0) is 34.3. The van der Waals surface area contributed by atoms with Crippen molar-refractivity contribution in [1.29, 1.82) is 0 Å².